The number of anilines is 1. The summed E-state index contributed by atoms with van der Waals surface area (Å²) in [4.78, 5) is 14.2. The van der Waals surface area contributed by atoms with E-state index in [4.69, 9.17) is 11.6 Å². The van der Waals surface area contributed by atoms with Gasteiger partial charge in [0.25, 0.3) is 0 Å². The molecule has 0 radical (unpaired) electrons. The molecule has 114 valence electrons. The number of rotatable bonds is 2. The van der Waals surface area contributed by atoms with Gasteiger partial charge in [-0.15, -0.1) is 0 Å². The zero-order valence-electron chi connectivity index (χ0n) is 12.3. The van der Waals surface area contributed by atoms with Crippen LogP contribution in [0, 0.1) is 0 Å². The van der Waals surface area contributed by atoms with Crippen LogP contribution in [0.3, 0.4) is 0 Å². The fraction of sp³-hybridized carbons (Fsp3) is 0.278. The van der Waals surface area contributed by atoms with E-state index in [0.717, 1.165) is 31.6 Å². The molecule has 0 atom stereocenters. The van der Waals surface area contributed by atoms with Crippen molar-refractivity contribution in [3.05, 3.63) is 65.2 Å². The van der Waals surface area contributed by atoms with E-state index < -0.39 is 0 Å². The van der Waals surface area contributed by atoms with Crippen molar-refractivity contribution >= 4 is 23.3 Å². The topological polar surface area (TPSA) is 32.3 Å². The highest BCUT2D eigenvalue weighted by Crippen LogP contribution is 2.28. The lowest BCUT2D eigenvalue weighted by Crippen LogP contribution is -2.40. The van der Waals surface area contributed by atoms with Crippen LogP contribution in [0.5, 0.6) is 0 Å². The van der Waals surface area contributed by atoms with Crippen molar-refractivity contribution in [2.75, 3.05) is 18.4 Å². The first kappa shape index (κ1) is 14.9. The summed E-state index contributed by atoms with van der Waals surface area (Å²) in [5, 5.41) is 3.54. The molecule has 3 nitrogen and oxygen atoms in total. The molecule has 2 aromatic rings. The predicted octanol–water partition coefficient (Wildman–Crippen LogP) is 4.75. The third-order valence-electron chi connectivity index (χ3n) is 4.13. The molecule has 1 aliphatic heterocycles. The lowest BCUT2D eigenvalue weighted by Gasteiger charge is -2.32. The molecule has 3 rings (SSSR count). The molecule has 1 heterocycles. The number of urea groups is 1. The average molecular weight is 315 g/mol. The van der Waals surface area contributed by atoms with Gasteiger partial charge in [-0.05, 0) is 42.5 Å². The van der Waals surface area contributed by atoms with Gasteiger partial charge in [0.1, 0.15) is 0 Å². The molecule has 0 aromatic heterocycles. The number of halogens is 1. The minimum Gasteiger partial charge on any atom is -0.324 e. The monoisotopic (exact) mass is 314 g/mol. The minimum absolute atomic E-state index is 0.0474. The molecule has 0 spiro atoms. The van der Waals surface area contributed by atoms with E-state index in [1.54, 1.807) is 12.1 Å². The Hall–Kier alpha value is -2.00. The number of carbonyl (C=O) groups is 1. The first-order valence-corrected chi connectivity index (χ1v) is 7.96. The van der Waals surface area contributed by atoms with Crippen molar-refractivity contribution in [2.24, 2.45) is 0 Å². The molecule has 1 fully saturated rings. The van der Waals surface area contributed by atoms with Crippen LogP contribution in [-0.4, -0.2) is 24.0 Å². The van der Waals surface area contributed by atoms with Crippen LogP contribution in [0.4, 0.5) is 10.5 Å². The zero-order chi connectivity index (χ0) is 15.4. The number of likely N-dealkylation sites (tertiary alicyclic amines) is 1. The van der Waals surface area contributed by atoms with Crippen LogP contribution in [0.1, 0.15) is 24.3 Å². The zero-order valence-corrected chi connectivity index (χ0v) is 13.1. The summed E-state index contributed by atoms with van der Waals surface area (Å²) in [6, 6.07) is 17.7. The quantitative estimate of drug-likeness (QED) is 0.852. The fourth-order valence-corrected chi connectivity index (χ4v) is 3.10. The van der Waals surface area contributed by atoms with Gasteiger partial charge in [0.2, 0.25) is 0 Å². The van der Waals surface area contributed by atoms with Gasteiger partial charge in [-0.3, -0.25) is 0 Å². The van der Waals surface area contributed by atoms with E-state index in [9.17, 15) is 4.79 Å². The lowest BCUT2D eigenvalue weighted by atomic mass is 9.90. The Morgan fingerprint density at radius 2 is 1.77 bits per heavy atom. The summed E-state index contributed by atoms with van der Waals surface area (Å²) in [5.41, 5.74) is 2.11. The van der Waals surface area contributed by atoms with Gasteiger partial charge in [0.15, 0.2) is 0 Å². The Kier molecular flexibility index (Phi) is 4.64. The third-order valence-corrected chi connectivity index (χ3v) is 4.36. The van der Waals surface area contributed by atoms with E-state index in [0.29, 0.717) is 10.9 Å². The van der Waals surface area contributed by atoms with Crippen LogP contribution in [0.15, 0.2) is 54.6 Å². The van der Waals surface area contributed by atoms with E-state index in [1.807, 2.05) is 23.1 Å². The molecule has 0 bridgehead atoms. The summed E-state index contributed by atoms with van der Waals surface area (Å²) in [6.07, 6.45) is 2.01. The van der Waals surface area contributed by atoms with Gasteiger partial charge < -0.3 is 10.2 Å². The maximum absolute atomic E-state index is 12.3. The third kappa shape index (κ3) is 3.60. The van der Waals surface area contributed by atoms with E-state index in [2.05, 4.69) is 29.6 Å². The highest BCUT2D eigenvalue weighted by atomic mass is 35.5. The molecule has 0 unspecified atom stereocenters. The maximum Gasteiger partial charge on any atom is 0.321 e. The molecule has 0 aliphatic carbocycles. The van der Waals surface area contributed by atoms with Crippen LogP contribution >= 0.6 is 11.6 Å². The summed E-state index contributed by atoms with van der Waals surface area (Å²) < 4.78 is 0. The second-order valence-corrected chi connectivity index (χ2v) is 6.05. The number of nitrogens with zero attached hydrogens (tertiary/aromatic N) is 1. The number of piperidine rings is 1. The number of hydrogen-bond donors (Lipinski definition) is 1. The number of nitrogens with one attached hydrogen (secondary N) is 1. The highest BCUT2D eigenvalue weighted by Gasteiger charge is 2.23. The SMILES string of the molecule is O=C(Nc1cccc(Cl)c1)N1CCC(c2ccccc2)CC1. The van der Waals surface area contributed by atoms with Crippen LogP contribution in [0.2, 0.25) is 5.02 Å². The smallest absolute Gasteiger partial charge is 0.321 e. The van der Waals surface area contributed by atoms with Crippen molar-refractivity contribution in [3.63, 3.8) is 0 Å². The molecule has 2 aromatic carbocycles. The van der Waals surface area contributed by atoms with Crippen LogP contribution in [0.25, 0.3) is 0 Å². The maximum atomic E-state index is 12.3. The Bertz CT molecular complexity index is 637. The van der Waals surface area contributed by atoms with Gasteiger partial charge in [-0.25, -0.2) is 4.79 Å². The van der Waals surface area contributed by atoms with Crippen molar-refractivity contribution in [1.29, 1.82) is 0 Å². The summed E-state index contributed by atoms with van der Waals surface area (Å²) in [5.74, 6) is 0.552. The molecule has 2 amide bonds. The number of benzene rings is 2. The Balaban J connectivity index is 1.56. The molecule has 1 saturated heterocycles. The fourth-order valence-electron chi connectivity index (χ4n) is 2.91. The lowest BCUT2D eigenvalue weighted by molar-refractivity contribution is 0.194. The van der Waals surface area contributed by atoms with Gasteiger partial charge >= 0.3 is 6.03 Å². The van der Waals surface area contributed by atoms with Crippen LogP contribution < -0.4 is 5.32 Å². The molecule has 1 N–H and O–H groups in total. The average Bonchev–Trinajstić information content (AvgIpc) is 2.56. The first-order chi connectivity index (χ1) is 10.7. The number of amides is 2. The standard InChI is InChI=1S/C18H19ClN2O/c19-16-7-4-8-17(13-16)20-18(22)21-11-9-15(10-12-21)14-5-2-1-3-6-14/h1-8,13,15H,9-12H2,(H,20,22). The molecule has 22 heavy (non-hydrogen) atoms. The van der Waals surface area contributed by atoms with E-state index >= 15 is 0 Å². The van der Waals surface area contributed by atoms with Crippen molar-refractivity contribution in [3.8, 4) is 0 Å². The number of hydrogen-bond acceptors (Lipinski definition) is 1. The number of carbonyl (C=O) groups excluding carboxylic acids is 1. The predicted molar refractivity (Wildman–Crippen MR) is 90.5 cm³/mol. The normalized spacial score (nSPS) is 15.6. The molecule has 0 saturated carbocycles. The summed E-state index contributed by atoms with van der Waals surface area (Å²) >= 11 is 5.94. The minimum atomic E-state index is -0.0474. The van der Waals surface area contributed by atoms with Gasteiger partial charge in [-0.1, -0.05) is 48.0 Å². The van der Waals surface area contributed by atoms with Gasteiger partial charge in [-0.2, -0.15) is 0 Å². The molecule has 1 aliphatic rings. The van der Waals surface area contributed by atoms with Gasteiger partial charge in [0, 0.05) is 23.8 Å². The Labute approximate surface area is 135 Å². The van der Waals surface area contributed by atoms with Gasteiger partial charge in [0.05, 0.1) is 0 Å². The van der Waals surface area contributed by atoms with Crippen molar-refractivity contribution in [2.45, 2.75) is 18.8 Å². The second kappa shape index (κ2) is 6.84. The first-order valence-electron chi connectivity index (χ1n) is 7.59. The largest absolute Gasteiger partial charge is 0.324 e. The van der Waals surface area contributed by atoms with E-state index in [1.165, 1.54) is 5.56 Å². The van der Waals surface area contributed by atoms with Crippen molar-refractivity contribution < 1.29 is 4.79 Å². The molecular weight excluding hydrogens is 296 g/mol. The highest BCUT2D eigenvalue weighted by molar-refractivity contribution is 6.30. The molecular formula is C18H19ClN2O. The molecule has 4 heteroatoms. The summed E-state index contributed by atoms with van der Waals surface area (Å²) in [7, 11) is 0. The summed E-state index contributed by atoms with van der Waals surface area (Å²) in [6.45, 7) is 1.57. The Morgan fingerprint density at radius 3 is 2.45 bits per heavy atom. The van der Waals surface area contributed by atoms with Crippen molar-refractivity contribution in [1.82, 2.24) is 4.90 Å². The van der Waals surface area contributed by atoms with Crippen LogP contribution in [-0.2, 0) is 0 Å². The Morgan fingerprint density at radius 1 is 1.05 bits per heavy atom. The van der Waals surface area contributed by atoms with E-state index in [-0.39, 0.29) is 6.03 Å². The second-order valence-electron chi connectivity index (χ2n) is 5.61.